The predicted octanol–water partition coefficient (Wildman–Crippen LogP) is 8.77. The Hall–Kier alpha value is -2.66. The van der Waals surface area contributed by atoms with Crippen LogP contribution in [-0.2, 0) is 16.1 Å². The summed E-state index contributed by atoms with van der Waals surface area (Å²) in [6.45, 7) is 4.48. The Morgan fingerprint density at radius 3 is 2.49 bits per heavy atom. The summed E-state index contributed by atoms with van der Waals surface area (Å²) in [6.07, 6.45) is 1.78. The number of halogens is 3. The molecule has 1 aliphatic heterocycles. The van der Waals surface area contributed by atoms with Gasteiger partial charge in [-0.3, -0.25) is 0 Å². The van der Waals surface area contributed by atoms with Gasteiger partial charge in [0.1, 0.15) is 23.0 Å². The third-order valence-electron chi connectivity index (χ3n) is 5.35. The van der Waals surface area contributed by atoms with Gasteiger partial charge in [0.15, 0.2) is 11.5 Å². The molecule has 0 atom stereocenters. The lowest BCUT2D eigenvalue weighted by atomic mass is 10.1. The van der Waals surface area contributed by atoms with E-state index in [-0.39, 0.29) is 24.5 Å². The van der Waals surface area contributed by atoms with Crippen LogP contribution < -0.4 is 9.47 Å². The Kier molecular flexibility index (Phi) is 10.2. The highest BCUT2D eigenvalue weighted by Crippen LogP contribution is 2.42. The van der Waals surface area contributed by atoms with Gasteiger partial charge in [0, 0.05) is 0 Å². The van der Waals surface area contributed by atoms with E-state index in [1.165, 1.54) is 11.8 Å². The molecule has 3 aromatic rings. The molecule has 0 saturated carbocycles. The van der Waals surface area contributed by atoms with Crippen molar-refractivity contribution in [1.82, 2.24) is 0 Å². The quantitative estimate of drug-likeness (QED) is 0.178. The van der Waals surface area contributed by atoms with E-state index in [9.17, 15) is 9.90 Å². The Morgan fingerprint density at radius 1 is 1.03 bits per heavy atom. The molecule has 1 aliphatic rings. The fourth-order valence-electron chi connectivity index (χ4n) is 3.62. The number of aliphatic hydroxyl groups excluding tert-OH is 1. The van der Waals surface area contributed by atoms with Gasteiger partial charge in [0.25, 0.3) is 0 Å². The third kappa shape index (κ3) is 7.30. The average molecular weight is 696 g/mol. The average Bonchev–Trinajstić information content (AvgIpc) is 3.20. The number of hydrogen-bond donors (Lipinski definition) is 1. The van der Waals surface area contributed by atoms with Gasteiger partial charge in [-0.1, -0.05) is 59.2 Å². The normalized spacial score (nSPS) is 15.2. The first kappa shape index (κ1) is 29.3. The van der Waals surface area contributed by atoms with Gasteiger partial charge >= 0.3 is 5.97 Å². The Morgan fingerprint density at radius 2 is 1.79 bits per heavy atom. The van der Waals surface area contributed by atoms with Gasteiger partial charge in [-0.05, 0) is 90.0 Å². The first-order valence-electron chi connectivity index (χ1n) is 12.0. The van der Waals surface area contributed by atoms with E-state index >= 15 is 0 Å². The second-order valence-corrected chi connectivity index (χ2v) is 11.1. The smallest absolute Gasteiger partial charge is 0.344 e. The molecule has 0 radical (unpaired) electrons. The molecule has 0 spiro atoms. The number of benzene rings is 3. The number of nitrogens with zero attached hydrogens (tertiary/aromatic N) is 1. The number of aliphatic imine (C=N–C) groups is 1. The van der Waals surface area contributed by atoms with Crippen molar-refractivity contribution in [1.29, 1.82) is 0 Å². The summed E-state index contributed by atoms with van der Waals surface area (Å²) >= 11 is 15.5. The summed E-state index contributed by atoms with van der Waals surface area (Å²) in [5, 5.41) is 12.3. The monoisotopic (exact) mass is 695 g/mol. The van der Waals surface area contributed by atoms with Crippen LogP contribution in [-0.4, -0.2) is 29.3 Å². The molecule has 0 aliphatic carbocycles. The number of para-hydroxylation sites is 1. The van der Waals surface area contributed by atoms with Gasteiger partial charge in [-0.15, -0.1) is 0 Å². The predicted molar refractivity (Wildman–Crippen MR) is 167 cm³/mol. The number of rotatable bonds is 9. The minimum atomic E-state index is -0.629. The van der Waals surface area contributed by atoms with Gasteiger partial charge in [-0.25, -0.2) is 9.79 Å². The zero-order valence-corrected chi connectivity index (χ0v) is 25.5. The number of hydrogen-bond acceptors (Lipinski definition) is 7. The summed E-state index contributed by atoms with van der Waals surface area (Å²) in [6, 6.07) is 18.3. The Bertz CT molecular complexity index is 1470. The van der Waals surface area contributed by atoms with E-state index in [0.29, 0.717) is 43.8 Å². The van der Waals surface area contributed by atoms with Crippen LogP contribution in [0.2, 0.25) is 10.0 Å². The molecule has 0 aromatic heterocycles. The number of carbonyl (C=O) groups excluding carboxylic acids is 1. The maximum Gasteiger partial charge on any atom is 0.344 e. The van der Waals surface area contributed by atoms with Crippen molar-refractivity contribution in [2.75, 3.05) is 13.2 Å². The standard InChI is InChI=1S/C29H24Cl2INO5S/c1-3-36-23-14-18(13-22(32)27(23)38-16-17-10-11-20(30)21(31)12-17)15-24-26(34)25(29(35)37-4-2)28(39-24)33-19-8-6-5-7-9-19/h5-15,34H,3-4,16H2,1-2H3/b24-15-,33-28?. The molecule has 10 heteroatoms. The number of aliphatic hydroxyl groups is 1. The van der Waals surface area contributed by atoms with Crippen LogP contribution in [0, 0.1) is 3.57 Å². The summed E-state index contributed by atoms with van der Waals surface area (Å²) in [7, 11) is 0. The van der Waals surface area contributed by atoms with E-state index < -0.39 is 5.97 Å². The Labute approximate surface area is 254 Å². The number of ether oxygens (including phenoxy) is 3. The van der Waals surface area contributed by atoms with E-state index in [1.807, 2.05) is 55.5 Å². The van der Waals surface area contributed by atoms with Crippen LogP contribution in [0.1, 0.15) is 25.0 Å². The maximum absolute atomic E-state index is 12.7. The summed E-state index contributed by atoms with van der Waals surface area (Å²) in [5.41, 5.74) is 2.32. The van der Waals surface area contributed by atoms with Crippen molar-refractivity contribution >= 4 is 80.3 Å². The van der Waals surface area contributed by atoms with Gasteiger partial charge in [0.05, 0.1) is 37.4 Å². The molecular weight excluding hydrogens is 672 g/mol. The second-order valence-electron chi connectivity index (χ2n) is 8.11. The van der Waals surface area contributed by atoms with E-state index in [0.717, 1.165) is 14.7 Å². The Balaban J connectivity index is 1.67. The van der Waals surface area contributed by atoms with Crippen LogP contribution in [0.5, 0.6) is 11.5 Å². The molecule has 39 heavy (non-hydrogen) atoms. The third-order valence-corrected chi connectivity index (χ3v) is 7.91. The number of esters is 1. The van der Waals surface area contributed by atoms with Crippen LogP contribution in [0.15, 0.2) is 81.9 Å². The zero-order valence-electron chi connectivity index (χ0n) is 21.0. The second kappa shape index (κ2) is 13.6. The summed E-state index contributed by atoms with van der Waals surface area (Å²) in [4.78, 5) is 17.8. The number of carbonyl (C=O) groups is 1. The SMILES string of the molecule is CCOC(=O)C1=C(O)/C(=C/c2cc(I)c(OCc3ccc(Cl)c(Cl)c3)c(OCC)c2)SC1=Nc1ccccc1. The lowest BCUT2D eigenvalue weighted by Gasteiger charge is -2.15. The first-order valence-corrected chi connectivity index (χ1v) is 14.6. The largest absolute Gasteiger partial charge is 0.506 e. The van der Waals surface area contributed by atoms with Crippen molar-refractivity contribution in [3.8, 4) is 11.5 Å². The zero-order chi connectivity index (χ0) is 27.9. The van der Waals surface area contributed by atoms with Crippen molar-refractivity contribution < 1.29 is 24.1 Å². The highest BCUT2D eigenvalue weighted by Gasteiger charge is 2.33. The molecule has 0 unspecified atom stereocenters. The molecule has 1 N–H and O–H groups in total. The fraction of sp³-hybridized carbons (Fsp3) is 0.172. The van der Waals surface area contributed by atoms with E-state index in [1.54, 1.807) is 25.1 Å². The first-order chi connectivity index (χ1) is 18.8. The summed E-state index contributed by atoms with van der Waals surface area (Å²) in [5.74, 6) is 0.326. The molecule has 3 aromatic carbocycles. The molecule has 6 nitrogen and oxygen atoms in total. The molecule has 4 rings (SSSR count). The van der Waals surface area contributed by atoms with Gasteiger partial charge in [0.2, 0.25) is 0 Å². The topological polar surface area (TPSA) is 77.4 Å². The van der Waals surface area contributed by atoms with Crippen LogP contribution in [0.4, 0.5) is 5.69 Å². The minimum Gasteiger partial charge on any atom is -0.506 e. The molecule has 0 amide bonds. The maximum atomic E-state index is 12.7. The van der Waals surface area contributed by atoms with E-state index in [2.05, 4.69) is 27.6 Å². The molecule has 202 valence electrons. The minimum absolute atomic E-state index is 0.0401. The lowest BCUT2D eigenvalue weighted by molar-refractivity contribution is -0.138. The van der Waals surface area contributed by atoms with Crippen LogP contribution in [0.3, 0.4) is 0 Å². The van der Waals surface area contributed by atoms with Crippen LogP contribution >= 0.6 is 57.6 Å². The lowest BCUT2D eigenvalue weighted by Crippen LogP contribution is -2.12. The van der Waals surface area contributed by atoms with Crippen molar-refractivity contribution in [3.63, 3.8) is 0 Å². The van der Waals surface area contributed by atoms with Crippen molar-refractivity contribution in [2.24, 2.45) is 4.99 Å². The van der Waals surface area contributed by atoms with Gasteiger partial charge < -0.3 is 19.3 Å². The van der Waals surface area contributed by atoms with Gasteiger partial charge in [-0.2, -0.15) is 0 Å². The molecular formula is C29H24Cl2INO5S. The summed E-state index contributed by atoms with van der Waals surface area (Å²) < 4.78 is 18.0. The molecule has 0 bridgehead atoms. The van der Waals surface area contributed by atoms with Crippen LogP contribution in [0.25, 0.3) is 6.08 Å². The van der Waals surface area contributed by atoms with Crippen molar-refractivity contribution in [3.05, 3.63) is 102 Å². The molecule has 0 fully saturated rings. The highest BCUT2D eigenvalue weighted by molar-refractivity contribution is 14.1. The van der Waals surface area contributed by atoms with E-state index in [4.69, 9.17) is 37.4 Å². The highest BCUT2D eigenvalue weighted by atomic mass is 127. The fourth-order valence-corrected chi connectivity index (χ4v) is 5.76. The molecule has 1 heterocycles. The molecule has 0 saturated heterocycles. The van der Waals surface area contributed by atoms with Crippen molar-refractivity contribution in [2.45, 2.75) is 20.5 Å². The number of thioether (sulfide) groups is 1.